The number of nitro groups is 1. The van der Waals surface area contributed by atoms with Crippen molar-refractivity contribution in [3.8, 4) is 23.0 Å². The Kier molecular flexibility index (Phi) is 6.10. The number of aliphatic hydroxyl groups is 1. The molecule has 1 amide bonds. The number of halogens is 2. The van der Waals surface area contributed by atoms with Crippen LogP contribution in [0.25, 0.3) is 11.1 Å². The predicted molar refractivity (Wildman–Crippen MR) is 118 cm³/mol. The average Bonchev–Trinajstić information content (AvgIpc) is 3.46. The number of pyridine rings is 1. The highest BCUT2D eigenvalue weighted by Crippen LogP contribution is 2.32. The minimum Gasteiger partial charge on any atom is -0.477 e. The van der Waals surface area contributed by atoms with Crippen molar-refractivity contribution in [3.05, 3.63) is 58.4 Å². The molecule has 0 aliphatic carbocycles. The van der Waals surface area contributed by atoms with Gasteiger partial charge < -0.3 is 29.4 Å². The highest BCUT2D eigenvalue weighted by atomic mass is 19.1. The topological polar surface area (TPSA) is 142 Å². The van der Waals surface area contributed by atoms with E-state index in [1.54, 1.807) is 0 Å². The van der Waals surface area contributed by atoms with E-state index < -0.39 is 35.4 Å². The van der Waals surface area contributed by atoms with Crippen LogP contribution in [0.4, 0.5) is 25.1 Å². The predicted octanol–water partition coefficient (Wildman–Crippen LogP) is 2.54. The van der Waals surface area contributed by atoms with Gasteiger partial charge >= 0.3 is 17.9 Å². The molecular weight excluding hydrogens is 484 g/mol. The van der Waals surface area contributed by atoms with Gasteiger partial charge in [-0.15, -0.1) is 0 Å². The first-order chi connectivity index (χ1) is 17.3. The Morgan fingerprint density at radius 3 is 2.67 bits per heavy atom. The number of rotatable bonds is 7. The monoisotopic (exact) mass is 503 g/mol. The number of hydrogen-bond acceptors (Lipinski definition) is 9. The SMILES string of the molecule is O=C1O[C@@H](CO)CN1c1cc(F)c(-c2ccc(OC[C@@H]3COc4nc([N+](=O)[O-])cn4C3)nc2)c(F)c1. The summed E-state index contributed by atoms with van der Waals surface area (Å²) in [6.07, 6.45) is 0.993. The highest BCUT2D eigenvalue weighted by Gasteiger charge is 2.33. The van der Waals surface area contributed by atoms with Crippen molar-refractivity contribution in [1.82, 2.24) is 14.5 Å². The minimum atomic E-state index is -0.898. The second-order valence-electron chi connectivity index (χ2n) is 8.25. The van der Waals surface area contributed by atoms with Gasteiger partial charge in [-0.25, -0.2) is 18.6 Å². The van der Waals surface area contributed by atoms with E-state index in [0.29, 0.717) is 6.54 Å². The normalized spacial score (nSPS) is 19.0. The number of hydrogen-bond donors (Lipinski definition) is 1. The fraction of sp³-hybridized carbons (Fsp3) is 0.318. The van der Waals surface area contributed by atoms with Crippen molar-refractivity contribution in [1.29, 1.82) is 0 Å². The average molecular weight is 503 g/mol. The van der Waals surface area contributed by atoms with Gasteiger partial charge in [0.2, 0.25) is 5.88 Å². The molecule has 0 bridgehead atoms. The molecule has 12 nitrogen and oxygen atoms in total. The molecule has 0 radical (unpaired) electrons. The van der Waals surface area contributed by atoms with Crippen LogP contribution in [0.15, 0.2) is 36.7 Å². The first kappa shape index (κ1) is 23.4. The van der Waals surface area contributed by atoms with E-state index in [0.717, 1.165) is 17.0 Å². The van der Waals surface area contributed by atoms with Crippen LogP contribution >= 0.6 is 0 Å². The molecule has 3 aromatic rings. The maximum absolute atomic E-state index is 14.8. The van der Waals surface area contributed by atoms with Gasteiger partial charge in [-0.3, -0.25) is 9.47 Å². The largest absolute Gasteiger partial charge is 0.477 e. The van der Waals surface area contributed by atoms with Crippen LogP contribution in [0.3, 0.4) is 0 Å². The van der Waals surface area contributed by atoms with Crippen LogP contribution in [-0.4, -0.2) is 63.1 Å². The van der Waals surface area contributed by atoms with Gasteiger partial charge in [0.15, 0.2) is 0 Å². The lowest BCUT2D eigenvalue weighted by Gasteiger charge is -2.21. The summed E-state index contributed by atoms with van der Waals surface area (Å²) in [7, 11) is 0. The standard InChI is InChI=1S/C22H19F2N5O7/c23-16-3-14(28-7-15(9-30)36-22(28)31)4-17(24)20(16)13-1-2-19(25-5-13)34-10-12-6-27-8-18(29(32)33)26-21(27)35-11-12/h1-5,8,12,15,30H,6-7,9-11H2/t12-,15-/m1/s1. The van der Waals surface area contributed by atoms with Crippen molar-refractivity contribution in [2.45, 2.75) is 12.6 Å². The molecule has 2 aromatic heterocycles. The van der Waals surface area contributed by atoms with Gasteiger partial charge in [-0.1, -0.05) is 0 Å². The number of amides is 1. The second-order valence-corrected chi connectivity index (χ2v) is 8.25. The number of cyclic esters (lactones) is 1. The fourth-order valence-electron chi connectivity index (χ4n) is 3.98. The number of aliphatic hydroxyl groups excluding tert-OH is 1. The van der Waals surface area contributed by atoms with Crippen molar-refractivity contribution in [2.24, 2.45) is 5.92 Å². The fourth-order valence-corrected chi connectivity index (χ4v) is 3.98. The van der Waals surface area contributed by atoms with Crippen molar-refractivity contribution in [3.63, 3.8) is 0 Å². The van der Waals surface area contributed by atoms with Crippen LogP contribution in [0.5, 0.6) is 11.9 Å². The van der Waals surface area contributed by atoms with Gasteiger partial charge in [0, 0.05) is 35.3 Å². The molecule has 188 valence electrons. The lowest BCUT2D eigenvalue weighted by atomic mass is 10.1. The number of anilines is 1. The number of fused-ring (bicyclic) bond motifs is 1. The molecule has 36 heavy (non-hydrogen) atoms. The van der Waals surface area contributed by atoms with Crippen LogP contribution in [-0.2, 0) is 11.3 Å². The molecule has 2 atom stereocenters. The summed E-state index contributed by atoms with van der Waals surface area (Å²) in [5.41, 5.74) is -0.180. The number of benzene rings is 1. The number of carbonyl (C=O) groups is 1. The van der Waals surface area contributed by atoms with Gasteiger partial charge in [-0.05, 0) is 23.1 Å². The molecule has 1 saturated heterocycles. The van der Waals surface area contributed by atoms with E-state index in [1.165, 1.54) is 29.1 Å². The summed E-state index contributed by atoms with van der Waals surface area (Å²) >= 11 is 0. The number of aromatic nitrogens is 3. The summed E-state index contributed by atoms with van der Waals surface area (Å²) < 4.78 is 47.2. The highest BCUT2D eigenvalue weighted by molar-refractivity contribution is 5.90. The molecule has 0 spiro atoms. The van der Waals surface area contributed by atoms with Crippen molar-refractivity contribution >= 4 is 17.6 Å². The zero-order valence-electron chi connectivity index (χ0n) is 18.5. The van der Waals surface area contributed by atoms with Gasteiger partial charge in [0.25, 0.3) is 0 Å². The van der Waals surface area contributed by atoms with Crippen LogP contribution in [0, 0.1) is 27.7 Å². The Labute approximate surface area is 201 Å². The van der Waals surface area contributed by atoms with Gasteiger partial charge in [0.1, 0.15) is 30.5 Å². The first-order valence-corrected chi connectivity index (χ1v) is 10.8. The quantitative estimate of drug-likeness (QED) is 0.380. The maximum Gasteiger partial charge on any atom is 0.414 e. The summed E-state index contributed by atoms with van der Waals surface area (Å²) in [4.78, 5) is 31.1. The van der Waals surface area contributed by atoms with E-state index in [9.17, 15) is 23.7 Å². The first-order valence-electron chi connectivity index (χ1n) is 10.8. The van der Waals surface area contributed by atoms with Gasteiger partial charge in [0.05, 0.1) is 31.0 Å². The Hall–Kier alpha value is -4.33. The summed E-state index contributed by atoms with van der Waals surface area (Å²) in [6, 6.07) is 5.11. The molecule has 0 saturated carbocycles. The smallest absolute Gasteiger partial charge is 0.414 e. The third-order valence-corrected chi connectivity index (χ3v) is 5.73. The van der Waals surface area contributed by atoms with E-state index >= 15 is 0 Å². The molecule has 0 unspecified atom stereocenters. The zero-order valence-corrected chi connectivity index (χ0v) is 18.5. The molecule has 14 heteroatoms. The molecule has 4 heterocycles. The second kappa shape index (κ2) is 9.37. The Bertz CT molecular complexity index is 1290. The molecule has 2 aliphatic heterocycles. The number of imidazole rings is 1. The zero-order chi connectivity index (χ0) is 25.4. The molecule has 1 N–H and O–H groups in total. The third-order valence-electron chi connectivity index (χ3n) is 5.73. The number of carbonyl (C=O) groups excluding carboxylic acids is 1. The lowest BCUT2D eigenvalue weighted by molar-refractivity contribution is -0.389. The van der Waals surface area contributed by atoms with Gasteiger partial charge in [-0.2, -0.15) is 0 Å². The van der Waals surface area contributed by atoms with Crippen molar-refractivity contribution in [2.75, 3.05) is 31.3 Å². The van der Waals surface area contributed by atoms with Crippen LogP contribution < -0.4 is 14.4 Å². The Balaban J connectivity index is 1.24. The van der Waals surface area contributed by atoms with E-state index in [2.05, 4.69) is 9.97 Å². The Morgan fingerprint density at radius 2 is 2.03 bits per heavy atom. The number of ether oxygens (including phenoxy) is 3. The molecule has 2 aliphatic rings. The van der Waals surface area contributed by atoms with E-state index in [1.807, 2.05) is 0 Å². The maximum atomic E-state index is 14.8. The molecule has 1 fully saturated rings. The third kappa shape index (κ3) is 4.49. The molecular formula is C22H19F2N5O7. The molecule has 1 aromatic carbocycles. The summed E-state index contributed by atoms with van der Waals surface area (Å²) in [6.45, 7) is 0.424. The van der Waals surface area contributed by atoms with E-state index in [4.69, 9.17) is 19.3 Å². The van der Waals surface area contributed by atoms with E-state index in [-0.39, 0.29) is 60.2 Å². The number of nitrogens with zero attached hydrogens (tertiary/aromatic N) is 5. The molecule has 5 rings (SSSR count). The lowest BCUT2D eigenvalue weighted by Crippen LogP contribution is -2.29. The van der Waals surface area contributed by atoms with Crippen LogP contribution in [0.2, 0.25) is 0 Å². The minimum absolute atomic E-state index is 0.0216. The van der Waals surface area contributed by atoms with Crippen LogP contribution in [0.1, 0.15) is 0 Å². The summed E-state index contributed by atoms with van der Waals surface area (Å²) in [5, 5.41) is 20.0. The summed E-state index contributed by atoms with van der Waals surface area (Å²) in [5.74, 6) is -2.01. The van der Waals surface area contributed by atoms with Crippen molar-refractivity contribution < 1.29 is 37.8 Å². The Morgan fingerprint density at radius 1 is 1.25 bits per heavy atom.